The largest absolute Gasteiger partial charge is 0.403 e. The first-order valence-electron chi connectivity index (χ1n) is 8.24. The van der Waals surface area contributed by atoms with E-state index in [4.69, 9.17) is 11.5 Å². The van der Waals surface area contributed by atoms with Gasteiger partial charge in [0.05, 0.1) is 6.10 Å². The molecule has 9 heteroatoms. The summed E-state index contributed by atoms with van der Waals surface area (Å²) in [5, 5.41) is 9.61. The molecule has 2 fully saturated rings. The number of hydrogen-bond donors (Lipinski definition) is 3. The fraction of sp³-hybridized carbons (Fsp3) is 1.00. The van der Waals surface area contributed by atoms with E-state index in [1.165, 1.54) is 0 Å². The van der Waals surface area contributed by atoms with Crippen molar-refractivity contribution in [3.8, 4) is 0 Å². The van der Waals surface area contributed by atoms with Crippen LogP contribution in [0.15, 0.2) is 0 Å². The van der Waals surface area contributed by atoms with Crippen molar-refractivity contribution in [3.05, 3.63) is 0 Å². The average molecular weight is 362 g/mol. The fourth-order valence-electron chi connectivity index (χ4n) is 4.66. The molecule has 2 aliphatic carbocycles. The molecule has 5 atom stereocenters. The zero-order chi connectivity index (χ0) is 18.3. The van der Waals surface area contributed by atoms with Gasteiger partial charge < -0.3 is 16.6 Å². The highest BCUT2D eigenvalue weighted by Crippen LogP contribution is 2.64. The van der Waals surface area contributed by atoms with Crippen LogP contribution in [0.5, 0.6) is 0 Å². The molecule has 142 valence electrons. The number of alkyl halides is 6. The first-order chi connectivity index (χ1) is 10.9. The van der Waals surface area contributed by atoms with E-state index in [1.54, 1.807) is 0 Å². The van der Waals surface area contributed by atoms with Gasteiger partial charge >= 0.3 is 12.4 Å². The zero-order valence-corrected chi connectivity index (χ0v) is 13.2. The highest BCUT2D eigenvalue weighted by Gasteiger charge is 2.76. The Bertz CT molecular complexity index is 425. The zero-order valence-electron chi connectivity index (χ0n) is 13.2. The van der Waals surface area contributed by atoms with Crippen LogP contribution in [0.25, 0.3) is 0 Å². The molecule has 5 unspecified atom stereocenters. The third-order valence-corrected chi connectivity index (χ3v) is 5.80. The van der Waals surface area contributed by atoms with Gasteiger partial charge in [0, 0.05) is 12.1 Å². The van der Waals surface area contributed by atoms with Gasteiger partial charge in [-0.2, -0.15) is 26.3 Å². The molecule has 5 N–H and O–H groups in total. The van der Waals surface area contributed by atoms with Gasteiger partial charge in [0.1, 0.15) is 0 Å². The van der Waals surface area contributed by atoms with Gasteiger partial charge in [0.2, 0.25) is 0 Å². The van der Waals surface area contributed by atoms with Crippen molar-refractivity contribution in [1.29, 1.82) is 0 Å². The van der Waals surface area contributed by atoms with Crippen molar-refractivity contribution < 1.29 is 31.4 Å². The lowest BCUT2D eigenvalue weighted by atomic mass is 9.56. The highest BCUT2D eigenvalue weighted by molar-refractivity contribution is 5.06. The van der Waals surface area contributed by atoms with Gasteiger partial charge in [-0.15, -0.1) is 0 Å². The van der Waals surface area contributed by atoms with Crippen molar-refractivity contribution >= 4 is 0 Å². The first kappa shape index (κ1) is 19.8. The smallest absolute Gasteiger partial charge is 0.392 e. The lowest BCUT2D eigenvalue weighted by Crippen LogP contribution is -2.62. The van der Waals surface area contributed by atoms with Crippen molar-refractivity contribution in [2.45, 2.75) is 75.5 Å². The minimum atomic E-state index is -5.44. The van der Waals surface area contributed by atoms with Crippen LogP contribution in [0.4, 0.5) is 26.3 Å². The summed E-state index contributed by atoms with van der Waals surface area (Å²) in [6, 6.07) is -1.74. The van der Waals surface area contributed by atoms with Gasteiger partial charge in [-0.25, -0.2) is 0 Å². The fourth-order valence-corrected chi connectivity index (χ4v) is 4.66. The second kappa shape index (κ2) is 6.64. The summed E-state index contributed by atoms with van der Waals surface area (Å²) in [4.78, 5) is 0. The van der Waals surface area contributed by atoms with Gasteiger partial charge in [0.15, 0.2) is 5.41 Å². The van der Waals surface area contributed by atoms with Crippen LogP contribution in [0.1, 0.15) is 44.9 Å². The van der Waals surface area contributed by atoms with Crippen LogP contribution in [0.3, 0.4) is 0 Å². The number of hydrogen-bond acceptors (Lipinski definition) is 3. The quantitative estimate of drug-likeness (QED) is 0.661. The van der Waals surface area contributed by atoms with Gasteiger partial charge in [-0.05, 0) is 50.4 Å². The Morgan fingerprint density at radius 1 is 0.750 bits per heavy atom. The third kappa shape index (κ3) is 3.26. The molecule has 3 nitrogen and oxygen atoms in total. The SMILES string of the molecule is NC1CCCC(C(C2CCC(O)C(N)C2)(C(F)(F)F)C(F)(F)F)C1. The summed E-state index contributed by atoms with van der Waals surface area (Å²) >= 11 is 0. The van der Waals surface area contributed by atoms with E-state index in [1.807, 2.05) is 0 Å². The van der Waals surface area contributed by atoms with Crippen molar-refractivity contribution in [3.63, 3.8) is 0 Å². The molecule has 0 aromatic heterocycles. The van der Waals surface area contributed by atoms with Gasteiger partial charge in [-0.3, -0.25) is 0 Å². The number of aliphatic hydroxyl groups is 1. The van der Waals surface area contributed by atoms with Crippen LogP contribution in [-0.4, -0.2) is 35.6 Å². The van der Waals surface area contributed by atoms with E-state index < -0.39 is 54.2 Å². The van der Waals surface area contributed by atoms with E-state index >= 15 is 0 Å². The van der Waals surface area contributed by atoms with Gasteiger partial charge in [-0.1, -0.05) is 6.42 Å². The maximum absolute atomic E-state index is 13.9. The molecule has 0 aromatic rings. The number of halogens is 6. The Labute approximate surface area is 136 Å². The Hall–Kier alpha value is -0.540. The maximum Gasteiger partial charge on any atom is 0.403 e. The molecule has 0 heterocycles. The van der Waals surface area contributed by atoms with E-state index in [0.717, 1.165) is 0 Å². The standard InChI is InChI=1S/C15H24F6N2O/c16-14(17,18)13(15(19,20)21,8-2-1-3-10(22)6-8)9-4-5-12(24)11(23)7-9/h8-12,24H,1-7,22-23H2. The predicted molar refractivity (Wildman–Crippen MR) is 75.8 cm³/mol. The minimum Gasteiger partial charge on any atom is -0.392 e. The lowest BCUT2D eigenvalue weighted by molar-refractivity contribution is -0.382. The number of aliphatic hydroxyl groups excluding tert-OH is 1. The van der Waals surface area contributed by atoms with Crippen LogP contribution in [-0.2, 0) is 0 Å². The Balaban J connectivity index is 2.50. The summed E-state index contributed by atoms with van der Waals surface area (Å²) in [5.74, 6) is -3.29. The molecule has 24 heavy (non-hydrogen) atoms. The molecular formula is C15H24F6N2O. The molecule has 0 spiro atoms. The Morgan fingerprint density at radius 2 is 1.29 bits per heavy atom. The van der Waals surface area contributed by atoms with Crippen LogP contribution in [0.2, 0.25) is 0 Å². The molecule has 0 amide bonds. The maximum atomic E-state index is 13.9. The topological polar surface area (TPSA) is 72.3 Å². The summed E-state index contributed by atoms with van der Waals surface area (Å²) in [5.41, 5.74) is 7.48. The molecule has 0 aliphatic heterocycles. The molecule has 0 aromatic carbocycles. The normalized spacial score (nSPS) is 36.6. The van der Waals surface area contributed by atoms with Gasteiger partial charge in [0.25, 0.3) is 0 Å². The summed E-state index contributed by atoms with van der Waals surface area (Å²) < 4.78 is 83.6. The monoisotopic (exact) mass is 362 g/mol. The molecule has 0 radical (unpaired) electrons. The van der Waals surface area contributed by atoms with Crippen molar-refractivity contribution in [1.82, 2.24) is 0 Å². The second-order valence-electron chi connectivity index (χ2n) is 7.23. The van der Waals surface area contributed by atoms with Crippen LogP contribution < -0.4 is 11.5 Å². The average Bonchev–Trinajstić information content (AvgIpc) is 2.40. The number of nitrogens with two attached hydrogens (primary N) is 2. The highest BCUT2D eigenvalue weighted by atomic mass is 19.4. The second-order valence-corrected chi connectivity index (χ2v) is 7.23. The predicted octanol–water partition coefficient (Wildman–Crippen LogP) is 3.10. The van der Waals surface area contributed by atoms with E-state index in [9.17, 15) is 31.4 Å². The Kier molecular flexibility index (Phi) is 5.47. The molecule has 0 saturated heterocycles. The van der Waals surface area contributed by atoms with Crippen LogP contribution >= 0.6 is 0 Å². The molecule has 0 bridgehead atoms. The summed E-state index contributed by atoms with van der Waals surface area (Å²) in [7, 11) is 0. The van der Waals surface area contributed by atoms with E-state index in [-0.39, 0.29) is 32.1 Å². The molecule has 2 rings (SSSR count). The van der Waals surface area contributed by atoms with E-state index in [0.29, 0.717) is 6.42 Å². The Morgan fingerprint density at radius 3 is 1.75 bits per heavy atom. The number of rotatable bonds is 2. The van der Waals surface area contributed by atoms with Crippen LogP contribution in [0, 0.1) is 17.3 Å². The third-order valence-electron chi connectivity index (χ3n) is 5.80. The first-order valence-corrected chi connectivity index (χ1v) is 8.24. The molecule has 2 aliphatic rings. The van der Waals surface area contributed by atoms with E-state index in [2.05, 4.69) is 0 Å². The lowest BCUT2D eigenvalue weighted by Gasteiger charge is -2.52. The molecular weight excluding hydrogens is 338 g/mol. The summed E-state index contributed by atoms with van der Waals surface area (Å²) in [6.45, 7) is 0. The minimum absolute atomic E-state index is 0.152. The molecule has 2 saturated carbocycles. The van der Waals surface area contributed by atoms with Crippen molar-refractivity contribution in [2.75, 3.05) is 0 Å². The van der Waals surface area contributed by atoms with Crippen molar-refractivity contribution in [2.24, 2.45) is 28.7 Å². The summed E-state index contributed by atoms with van der Waals surface area (Å²) in [6.07, 6.45) is -12.7.